The molecule has 5 rings (SSSR count). The van der Waals surface area contributed by atoms with Crippen LogP contribution in [0.2, 0.25) is 0 Å². The molecule has 4 aliphatic carbocycles. The topological polar surface area (TPSA) is 51.0 Å². The lowest BCUT2D eigenvalue weighted by Gasteiger charge is -2.64. The molecule has 1 N–H and O–H groups in total. The highest BCUT2D eigenvalue weighted by Crippen LogP contribution is 2.69. The summed E-state index contributed by atoms with van der Waals surface area (Å²) in [5.74, 6) is 1.82. The fourth-order valence-corrected chi connectivity index (χ4v) is 6.44. The van der Waals surface area contributed by atoms with Crippen LogP contribution in [0, 0.1) is 16.7 Å². The van der Waals surface area contributed by atoms with Crippen molar-refractivity contribution in [3.8, 4) is 0 Å². The molecule has 0 spiro atoms. The maximum Gasteiger partial charge on any atom is 0.321 e. The molecule has 0 radical (unpaired) electrons. The summed E-state index contributed by atoms with van der Waals surface area (Å²) in [5, 5.41) is 7.61. The first-order valence-electron chi connectivity index (χ1n) is 8.41. The Morgan fingerprint density at radius 1 is 1.10 bits per heavy atom. The van der Waals surface area contributed by atoms with Crippen LogP contribution in [0.25, 0.3) is 0 Å². The van der Waals surface area contributed by atoms with E-state index in [-0.39, 0.29) is 5.41 Å². The number of rotatable bonds is 3. The van der Waals surface area contributed by atoms with E-state index < -0.39 is 0 Å². The second kappa shape index (κ2) is 4.02. The van der Waals surface area contributed by atoms with Gasteiger partial charge in [0.1, 0.15) is 0 Å². The van der Waals surface area contributed by atoms with Gasteiger partial charge in [-0.05, 0) is 69.1 Å². The second-order valence-corrected chi connectivity index (χ2v) is 9.13. The normalized spacial score (nSPS) is 44.5. The van der Waals surface area contributed by atoms with Crippen LogP contribution in [0.3, 0.4) is 0 Å². The van der Waals surface area contributed by atoms with Gasteiger partial charge < -0.3 is 9.84 Å². The molecular weight excluding hydrogens is 262 g/mol. The summed E-state index contributed by atoms with van der Waals surface area (Å²) < 4.78 is 5.46. The van der Waals surface area contributed by atoms with Gasteiger partial charge in [0.25, 0.3) is 0 Å². The highest BCUT2D eigenvalue weighted by Gasteiger charge is 2.62. The van der Waals surface area contributed by atoms with Gasteiger partial charge in [-0.1, -0.05) is 19.0 Å². The Balaban J connectivity index is 1.69. The summed E-state index contributed by atoms with van der Waals surface area (Å²) in [6, 6.07) is 0.913. The molecule has 1 heterocycles. The van der Waals surface area contributed by atoms with Crippen LogP contribution < -0.4 is 5.32 Å². The molecule has 0 aliphatic heterocycles. The molecule has 4 bridgehead atoms. The molecule has 0 aromatic carbocycles. The predicted octanol–water partition coefficient (Wildman–Crippen LogP) is 4.14. The Labute approximate surface area is 127 Å². The average molecular weight is 289 g/mol. The predicted molar refractivity (Wildman–Crippen MR) is 82.1 cm³/mol. The lowest BCUT2D eigenvalue weighted by atomic mass is 9.40. The summed E-state index contributed by atoms with van der Waals surface area (Å²) >= 11 is 0. The van der Waals surface area contributed by atoms with Crippen LogP contribution >= 0.6 is 0 Å². The Morgan fingerprint density at radius 3 is 2.33 bits per heavy atom. The minimum absolute atomic E-state index is 0.170. The molecule has 4 nitrogen and oxygen atoms in total. The molecule has 4 heteroatoms. The molecule has 4 fully saturated rings. The molecule has 0 saturated heterocycles. The number of anilines is 1. The third-order valence-electron chi connectivity index (χ3n) is 5.94. The van der Waals surface area contributed by atoms with Crippen molar-refractivity contribution in [3.05, 3.63) is 5.82 Å². The van der Waals surface area contributed by atoms with E-state index in [0.717, 1.165) is 11.7 Å². The van der Waals surface area contributed by atoms with E-state index in [1.165, 1.54) is 38.5 Å². The summed E-state index contributed by atoms with van der Waals surface area (Å²) in [5.41, 5.74) is 1.14. The van der Waals surface area contributed by atoms with Gasteiger partial charge in [0.05, 0.1) is 0 Å². The Hall–Kier alpha value is -1.06. The monoisotopic (exact) mass is 289 g/mol. The van der Waals surface area contributed by atoms with Gasteiger partial charge in [0, 0.05) is 11.5 Å². The Bertz CT molecular complexity index is 546. The molecular formula is C17H27N3O. The smallest absolute Gasteiger partial charge is 0.321 e. The zero-order valence-electron chi connectivity index (χ0n) is 13.7. The van der Waals surface area contributed by atoms with Crippen molar-refractivity contribution in [1.82, 2.24) is 10.1 Å². The van der Waals surface area contributed by atoms with E-state index in [2.05, 4.69) is 38.2 Å². The van der Waals surface area contributed by atoms with Crippen LogP contribution in [-0.4, -0.2) is 16.2 Å². The van der Waals surface area contributed by atoms with Crippen molar-refractivity contribution in [1.29, 1.82) is 0 Å². The summed E-state index contributed by atoms with van der Waals surface area (Å²) in [4.78, 5) is 4.71. The van der Waals surface area contributed by atoms with Gasteiger partial charge in [-0.25, -0.2) is 0 Å². The number of nitrogens with zero attached hydrogens (tertiary/aromatic N) is 2. The van der Waals surface area contributed by atoms with Gasteiger partial charge in [-0.15, -0.1) is 0 Å². The SMILES string of the molecule is CC(C)Nc1nc(C23CC4CC(C)(CC(C)(C4)C2)C3)no1. The van der Waals surface area contributed by atoms with Gasteiger partial charge in [-0.3, -0.25) is 0 Å². The van der Waals surface area contributed by atoms with Crippen LogP contribution in [0.1, 0.15) is 72.0 Å². The molecule has 2 atom stereocenters. The van der Waals surface area contributed by atoms with Crippen molar-refractivity contribution in [2.75, 3.05) is 5.32 Å². The van der Waals surface area contributed by atoms with Crippen molar-refractivity contribution < 1.29 is 4.52 Å². The van der Waals surface area contributed by atoms with E-state index in [1.54, 1.807) is 0 Å². The highest BCUT2D eigenvalue weighted by atomic mass is 16.5. The summed E-state index contributed by atoms with van der Waals surface area (Å²) in [7, 11) is 0. The first-order chi connectivity index (χ1) is 9.80. The van der Waals surface area contributed by atoms with Crippen molar-refractivity contribution in [2.45, 2.75) is 77.7 Å². The summed E-state index contributed by atoms with van der Waals surface area (Å²) in [6.07, 6.45) is 7.93. The molecule has 116 valence electrons. The fourth-order valence-electron chi connectivity index (χ4n) is 6.44. The number of nitrogens with one attached hydrogen (secondary N) is 1. The lowest BCUT2D eigenvalue weighted by Crippen LogP contribution is -2.57. The molecule has 21 heavy (non-hydrogen) atoms. The Kier molecular flexibility index (Phi) is 2.60. The van der Waals surface area contributed by atoms with E-state index >= 15 is 0 Å². The number of aromatic nitrogens is 2. The van der Waals surface area contributed by atoms with E-state index in [9.17, 15) is 0 Å². The number of hydrogen-bond donors (Lipinski definition) is 1. The highest BCUT2D eigenvalue weighted by molar-refractivity contribution is 5.26. The minimum Gasteiger partial charge on any atom is -0.336 e. The van der Waals surface area contributed by atoms with E-state index in [4.69, 9.17) is 9.51 Å². The average Bonchev–Trinajstić information content (AvgIpc) is 2.71. The molecule has 1 aromatic rings. The zero-order chi connectivity index (χ0) is 14.9. The zero-order valence-corrected chi connectivity index (χ0v) is 13.7. The third kappa shape index (κ3) is 2.09. The van der Waals surface area contributed by atoms with Crippen LogP contribution in [0.5, 0.6) is 0 Å². The van der Waals surface area contributed by atoms with Gasteiger partial charge in [0.2, 0.25) is 0 Å². The van der Waals surface area contributed by atoms with Crippen LogP contribution in [0.15, 0.2) is 4.52 Å². The fraction of sp³-hybridized carbons (Fsp3) is 0.882. The van der Waals surface area contributed by atoms with Gasteiger partial charge in [-0.2, -0.15) is 4.98 Å². The van der Waals surface area contributed by atoms with Crippen molar-refractivity contribution in [3.63, 3.8) is 0 Å². The lowest BCUT2D eigenvalue weighted by molar-refractivity contribution is -0.113. The Morgan fingerprint density at radius 2 is 1.76 bits per heavy atom. The van der Waals surface area contributed by atoms with Gasteiger partial charge >= 0.3 is 6.01 Å². The van der Waals surface area contributed by atoms with Gasteiger partial charge in [0.15, 0.2) is 5.82 Å². The molecule has 1 aromatic heterocycles. The molecule has 2 unspecified atom stereocenters. The molecule has 4 saturated carbocycles. The largest absolute Gasteiger partial charge is 0.336 e. The van der Waals surface area contributed by atoms with E-state index in [1.807, 2.05) is 0 Å². The molecule has 0 amide bonds. The quantitative estimate of drug-likeness (QED) is 0.908. The summed E-state index contributed by atoms with van der Waals surface area (Å²) in [6.45, 7) is 9.16. The second-order valence-electron chi connectivity index (χ2n) is 9.13. The van der Waals surface area contributed by atoms with E-state index in [0.29, 0.717) is 22.9 Å². The standard InChI is InChI=1S/C17H27N3O/c1-11(2)18-14-19-13(20-21-14)17-7-12-5-15(3,9-17)8-16(4,6-12)10-17/h11-12H,5-10H2,1-4H3,(H,18,19,20). The van der Waals surface area contributed by atoms with Crippen molar-refractivity contribution >= 4 is 6.01 Å². The van der Waals surface area contributed by atoms with Crippen molar-refractivity contribution in [2.24, 2.45) is 16.7 Å². The first kappa shape index (κ1) is 13.6. The third-order valence-corrected chi connectivity index (χ3v) is 5.94. The maximum absolute atomic E-state index is 5.46. The maximum atomic E-state index is 5.46. The minimum atomic E-state index is 0.170. The van der Waals surface area contributed by atoms with Crippen LogP contribution in [0.4, 0.5) is 6.01 Å². The van der Waals surface area contributed by atoms with Crippen LogP contribution in [-0.2, 0) is 5.41 Å². The first-order valence-corrected chi connectivity index (χ1v) is 8.41. The number of hydrogen-bond acceptors (Lipinski definition) is 4. The molecule has 4 aliphatic rings.